The molecule has 1 N–H and O–H groups in total. The lowest BCUT2D eigenvalue weighted by Crippen LogP contribution is -2.39. The molecule has 1 aromatic rings. The van der Waals surface area contributed by atoms with Crippen molar-refractivity contribution in [1.82, 2.24) is 4.90 Å². The van der Waals surface area contributed by atoms with Crippen molar-refractivity contribution in [2.45, 2.75) is 64.9 Å². The van der Waals surface area contributed by atoms with E-state index in [4.69, 9.17) is 4.74 Å². The highest BCUT2D eigenvalue weighted by Gasteiger charge is 2.48. The Labute approximate surface area is 177 Å². The molecule has 7 nitrogen and oxygen atoms in total. The normalized spacial score (nSPS) is 23.0. The summed E-state index contributed by atoms with van der Waals surface area (Å²) >= 11 is 0. The molecule has 0 radical (unpaired) electrons. The second kappa shape index (κ2) is 9.41. The molecule has 1 aromatic carbocycles. The molecule has 1 heterocycles. The lowest BCUT2D eigenvalue weighted by molar-refractivity contribution is -0.158. The number of nitrogens with one attached hydrogen (secondary N) is 1. The van der Waals surface area contributed by atoms with E-state index in [1.54, 1.807) is 0 Å². The molecular weight excluding hydrogens is 384 g/mol. The summed E-state index contributed by atoms with van der Waals surface area (Å²) < 4.78 is 5.23. The van der Waals surface area contributed by atoms with Gasteiger partial charge < -0.3 is 10.1 Å². The second-order valence-electron chi connectivity index (χ2n) is 8.28. The maximum Gasteiger partial charge on any atom is 0.326 e. The maximum absolute atomic E-state index is 12.5. The van der Waals surface area contributed by atoms with Crippen LogP contribution in [-0.4, -0.2) is 41.2 Å². The Kier molecular flexibility index (Phi) is 6.90. The van der Waals surface area contributed by atoms with E-state index in [9.17, 15) is 19.2 Å². The Hall–Kier alpha value is -2.70. The zero-order valence-corrected chi connectivity index (χ0v) is 17.8. The number of nitrogens with zero attached hydrogens (tertiary/aromatic N) is 1. The summed E-state index contributed by atoms with van der Waals surface area (Å²) in [7, 11) is 0. The molecule has 2 aliphatic rings. The quantitative estimate of drug-likeness (QED) is 0.546. The smallest absolute Gasteiger partial charge is 0.326 e. The number of imide groups is 1. The molecule has 1 saturated carbocycles. The molecule has 4 unspecified atom stereocenters. The van der Waals surface area contributed by atoms with Crippen molar-refractivity contribution in [3.05, 3.63) is 29.8 Å². The molecule has 30 heavy (non-hydrogen) atoms. The van der Waals surface area contributed by atoms with Gasteiger partial charge in [0.1, 0.15) is 6.54 Å². The molecule has 3 rings (SSSR count). The first kappa shape index (κ1) is 22.0. The van der Waals surface area contributed by atoms with Gasteiger partial charge in [0.05, 0.1) is 11.8 Å². The van der Waals surface area contributed by atoms with Gasteiger partial charge >= 0.3 is 5.97 Å². The van der Waals surface area contributed by atoms with Crippen LogP contribution in [0.3, 0.4) is 0 Å². The summed E-state index contributed by atoms with van der Waals surface area (Å²) in [6.07, 6.45) is 3.11. The van der Waals surface area contributed by atoms with E-state index in [2.05, 4.69) is 19.2 Å². The van der Waals surface area contributed by atoms with E-state index < -0.39 is 24.5 Å². The van der Waals surface area contributed by atoms with Crippen LogP contribution in [0.5, 0.6) is 0 Å². The minimum absolute atomic E-state index is 0.273. The van der Waals surface area contributed by atoms with Crippen LogP contribution in [0.15, 0.2) is 24.3 Å². The van der Waals surface area contributed by atoms with Gasteiger partial charge in [0, 0.05) is 5.69 Å². The SMILES string of the molecule is CCC(C)c1ccccc1NC(=O)C(C)OC(=O)CN1C(=O)C2CCCCC2C1=O. The molecule has 0 spiro atoms. The number of fused-ring (bicyclic) bond motifs is 1. The fourth-order valence-electron chi connectivity index (χ4n) is 4.30. The highest BCUT2D eigenvalue weighted by Crippen LogP contribution is 2.37. The van der Waals surface area contributed by atoms with Crippen LogP contribution in [0.4, 0.5) is 5.69 Å². The largest absolute Gasteiger partial charge is 0.451 e. The number of amides is 3. The number of anilines is 1. The maximum atomic E-state index is 12.5. The first-order valence-electron chi connectivity index (χ1n) is 10.8. The summed E-state index contributed by atoms with van der Waals surface area (Å²) in [5.74, 6) is -2.13. The van der Waals surface area contributed by atoms with Crippen LogP contribution < -0.4 is 5.32 Å². The van der Waals surface area contributed by atoms with Gasteiger partial charge in [0.2, 0.25) is 11.8 Å². The molecule has 3 amide bonds. The summed E-state index contributed by atoms with van der Waals surface area (Å²) in [6.45, 7) is 5.19. The number of benzene rings is 1. The molecule has 0 aromatic heterocycles. The average Bonchev–Trinajstić information content (AvgIpc) is 2.98. The van der Waals surface area contributed by atoms with E-state index in [1.807, 2.05) is 24.3 Å². The van der Waals surface area contributed by atoms with Gasteiger partial charge in [-0.3, -0.25) is 24.1 Å². The number of ether oxygens (including phenoxy) is 1. The number of para-hydroxylation sites is 1. The Morgan fingerprint density at radius 2 is 1.70 bits per heavy atom. The van der Waals surface area contributed by atoms with Gasteiger partial charge in [-0.15, -0.1) is 0 Å². The lowest BCUT2D eigenvalue weighted by atomic mass is 9.81. The van der Waals surface area contributed by atoms with Gasteiger partial charge in [0.25, 0.3) is 5.91 Å². The molecule has 4 atom stereocenters. The molecule has 1 saturated heterocycles. The predicted molar refractivity (Wildman–Crippen MR) is 111 cm³/mol. The van der Waals surface area contributed by atoms with Gasteiger partial charge in [-0.25, -0.2) is 0 Å². The summed E-state index contributed by atoms with van der Waals surface area (Å²) in [6, 6.07) is 7.53. The fourth-order valence-corrected chi connectivity index (χ4v) is 4.30. The lowest BCUT2D eigenvalue weighted by Gasteiger charge is -2.19. The van der Waals surface area contributed by atoms with Crippen molar-refractivity contribution in [2.24, 2.45) is 11.8 Å². The molecular formula is C23H30N2O5. The Morgan fingerprint density at radius 1 is 1.10 bits per heavy atom. The number of hydrogen-bond acceptors (Lipinski definition) is 5. The Bertz CT molecular complexity index is 813. The number of carbonyl (C=O) groups excluding carboxylic acids is 4. The van der Waals surface area contributed by atoms with Crippen molar-refractivity contribution in [2.75, 3.05) is 11.9 Å². The van der Waals surface area contributed by atoms with Gasteiger partial charge in [-0.2, -0.15) is 0 Å². The molecule has 2 fully saturated rings. The van der Waals surface area contributed by atoms with E-state index in [1.165, 1.54) is 6.92 Å². The zero-order chi connectivity index (χ0) is 21.8. The number of hydrogen-bond donors (Lipinski definition) is 1. The third-order valence-electron chi connectivity index (χ3n) is 6.26. The second-order valence-corrected chi connectivity index (χ2v) is 8.28. The highest BCUT2D eigenvalue weighted by atomic mass is 16.5. The van der Waals surface area contributed by atoms with E-state index >= 15 is 0 Å². The molecule has 1 aliphatic heterocycles. The molecule has 162 valence electrons. The number of rotatable bonds is 7. The number of esters is 1. The zero-order valence-electron chi connectivity index (χ0n) is 17.8. The van der Waals surface area contributed by atoms with Gasteiger partial charge in [-0.05, 0) is 43.7 Å². The van der Waals surface area contributed by atoms with Gasteiger partial charge in [-0.1, -0.05) is 44.9 Å². The first-order valence-corrected chi connectivity index (χ1v) is 10.8. The highest BCUT2D eigenvalue weighted by molar-refractivity contribution is 6.07. The van der Waals surface area contributed by atoms with E-state index in [0.29, 0.717) is 18.5 Å². The third kappa shape index (κ3) is 4.55. The van der Waals surface area contributed by atoms with Crippen LogP contribution in [0.25, 0.3) is 0 Å². The summed E-state index contributed by atoms with van der Waals surface area (Å²) in [5.41, 5.74) is 1.71. The molecule has 0 bridgehead atoms. The van der Waals surface area contributed by atoms with Crippen molar-refractivity contribution in [1.29, 1.82) is 0 Å². The van der Waals surface area contributed by atoms with Gasteiger partial charge in [0.15, 0.2) is 6.10 Å². The number of carbonyl (C=O) groups is 4. The number of likely N-dealkylation sites (tertiary alicyclic amines) is 1. The Balaban J connectivity index is 1.58. The van der Waals surface area contributed by atoms with E-state index in [0.717, 1.165) is 29.7 Å². The topological polar surface area (TPSA) is 92.8 Å². The van der Waals surface area contributed by atoms with Crippen LogP contribution in [0.2, 0.25) is 0 Å². The van der Waals surface area contributed by atoms with Crippen molar-refractivity contribution >= 4 is 29.4 Å². The van der Waals surface area contributed by atoms with Crippen molar-refractivity contribution < 1.29 is 23.9 Å². The molecule has 7 heteroatoms. The third-order valence-corrected chi connectivity index (χ3v) is 6.26. The standard InChI is InChI=1S/C23H30N2O5/c1-4-14(2)16-9-7-8-12-19(16)24-21(27)15(3)30-20(26)13-25-22(28)17-10-5-6-11-18(17)23(25)29/h7-9,12,14-15,17-18H,4-6,10-11,13H2,1-3H3,(H,24,27). The molecule has 1 aliphatic carbocycles. The monoisotopic (exact) mass is 414 g/mol. The van der Waals surface area contributed by atoms with Crippen LogP contribution in [-0.2, 0) is 23.9 Å². The predicted octanol–water partition coefficient (Wildman–Crippen LogP) is 3.25. The van der Waals surface area contributed by atoms with Crippen LogP contribution in [0.1, 0.15) is 64.4 Å². The average molecular weight is 415 g/mol. The summed E-state index contributed by atoms with van der Waals surface area (Å²) in [4.78, 5) is 50.9. The fraction of sp³-hybridized carbons (Fsp3) is 0.565. The Morgan fingerprint density at radius 3 is 2.30 bits per heavy atom. The minimum atomic E-state index is -1.04. The van der Waals surface area contributed by atoms with Crippen LogP contribution >= 0.6 is 0 Å². The first-order chi connectivity index (χ1) is 14.3. The van der Waals surface area contributed by atoms with Crippen LogP contribution in [0, 0.1) is 11.8 Å². The van der Waals surface area contributed by atoms with Crippen molar-refractivity contribution in [3.8, 4) is 0 Å². The summed E-state index contributed by atoms with van der Waals surface area (Å²) in [5, 5.41) is 2.82. The van der Waals surface area contributed by atoms with Crippen molar-refractivity contribution in [3.63, 3.8) is 0 Å². The van der Waals surface area contributed by atoms with E-state index in [-0.39, 0.29) is 29.6 Å². The minimum Gasteiger partial charge on any atom is -0.451 e.